The fraction of sp³-hybridized carbons (Fsp3) is 0.867. The van der Waals surface area contributed by atoms with Crippen molar-refractivity contribution in [2.24, 2.45) is 5.92 Å². The molecule has 0 bridgehead atoms. The van der Waals surface area contributed by atoms with Gasteiger partial charge in [0, 0.05) is 18.8 Å². The van der Waals surface area contributed by atoms with Crippen LogP contribution in [0.3, 0.4) is 0 Å². The molecule has 0 aliphatic carbocycles. The topological polar surface area (TPSA) is 60.9 Å². The maximum absolute atomic E-state index is 12.8. The number of carboxylic acids is 1. The number of rotatable bonds is 5. The van der Waals surface area contributed by atoms with Gasteiger partial charge >= 0.3 is 12.0 Å². The fourth-order valence-corrected chi connectivity index (χ4v) is 4.80. The molecule has 2 amide bonds. The van der Waals surface area contributed by atoms with E-state index in [0.29, 0.717) is 11.7 Å². The van der Waals surface area contributed by atoms with Crippen LogP contribution in [0.15, 0.2) is 0 Å². The molecule has 2 aliphatic heterocycles. The Hall–Kier alpha value is -0.910. The van der Waals surface area contributed by atoms with Crippen LogP contribution in [0.5, 0.6) is 0 Å². The van der Waals surface area contributed by atoms with Crippen molar-refractivity contribution in [1.29, 1.82) is 0 Å². The third-order valence-corrected chi connectivity index (χ3v) is 5.74. The molecule has 120 valence electrons. The van der Waals surface area contributed by atoms with Gasteiger partial charge in [-0.3, -0.25) is 4.90 Å². The first-order chi connectivity index (χ1) is 10.1. The summed E-state index contributed by atoms with van der Waals surface area (Å²) in [4.78, 5) is 27.7. The molecule has 3 unspecified atom stereocenters. The summed E-state index contributed by atoms with van der Waals surface area (Å²) in [6.07, 6.45) is 5.18. The average molecular weight is 314 g/mol. The molecule has 2 saturated heterocycles. The molecule has 0 saturated carbocycles. The van der Waals surface area contributed by atoms with Crippen molar-refractivity contribution in [3.63, 3.8) is 0 Å². The molecule has 2 heterocycles. The smallest absolute Gasteiger partial charge is 0.327 e. The molecule has 21 heavy (non-hydrogen) atoms. The van der Waals surface area contributed by atoms with Crippen LogP contribution >= 0.6 is 11.8 Å². The SMILES string of the molecule is CCCC1CCN(C(=O)N2C(CCC)SCC2C(=O)O)C1. The quantitative estimate of drug-likeness (QED) is 0.847. The van der Waals surface area contributed by atoms with E-state index in [4.69, 9.17) is 0 Å². The standard InChI is InChI=1S/C15H26N2O3S/c1-3-5-11-7-8-16(9-11)15(20)17-12(14(18)19)10-21-13(17)6-4-2/h11-13H,3-10H2,1-2H3,(H,18,19). The van der Waals surface area contributed by atoms with Crippen LogP contribution < -0.4 is 0 Å². The molecule has 0 radical (unpaired) electrons. The van der Waals surface area contributed by atoms with E-state index in [0.717, 1.165) is 45.2 Å². The Kier molecular flexibility index (Phi) is 5.79. The number of aliphatic carboxylic acids is 1. The highest BCUT2D eigenvalue weighted by atomic mass is 32.2. The number of thioether (sulfide) groups is 1. The summed E-state index contributed by atoms with van der Waals surface area (Å²) in [5.41, 5.74) is 0. The summed E-state index contributed by atoms with van der Waals surface area (Å²) in [7, 11) is 0. The van der Waals surface area contributed by atoms with E-state index < -0.39 is 12.0 Å². The van der Waals surface area contributed by atoms with E-state index in [1.807, 2.05) is 4.90 Å². The van der Waals surface area contributed by atoms with Crippen LogP contribution in [0.25, 0.3) is 0 Å². The van der Waals surface area contributed by atoms with Crippen molar-refractivity contribution in [3.05, 3.63) is 0 Å². The molecular weight excluding hydrogens is 288 g/mol. The summed E-state index contributed by atoms with van der Waals surface area (Å²) >= 11 is 1.61. The fourth-order valence-electron chi connectivity index (χ4n) is 3.29. The van der Waals surface area contributed by atoms with E-state index in [1.165, 1.54) is 0 Å². The predicted molar refractivity (Wildman–Crippen MR) is 84.4 cm³/mol. The molecule has 6 heteroatoms. The van der Waals surface area contributed by atoms with Gasteiger partial charge in [-0.1, -0.05) is 26.7 Å². The lowest BCUT2D eigenvalue weighted by atomic mass is 10.0. The summed E-state index contributed by atoms with van der Waals surface area (Å²) in [6, 6.07) is -0.728. The Morgan fingerprint density at radius 2 is 1.95 bits per heavy atom. The molecule has 0 aromatic heterocycles. The van der Waals surface area contributed by atoms with Crippen molar-refractivity contribution in [3.8, 4) is 0 Å². The first-order valence-corrected chi connectivity index (χ1v) is 9.05. The highest BCUT2D eigenvalue weighted by molar-refractivity contribution is 8.00. The molecule has 0 aromatic rings. The Balaban J connectivity index is 2.05. The number of amides is 2. The second kappa shape index (κ2) is 7.38. The van der Waals surface area contributed by atoms with Gasteiger partial charge in [-0.2, -0.15) is 0 Å². The molecule has 0 spiro atoms. The number of likely N-dealkylation sites (tertiary alicyclic amines) is 1. The van der Waals surface area contributed by atoms with Crippen LogP contribution in [-0.4, -0.2) is 57.2 Å². The zero-order chi connectivity index (χ0) is 15.4. The maximum Gasteiger partial charge on any atom is 0.327 e. The van der Waals surface area contributed by atoms with E-state index in [2.05, 4.69) is 13.8 Å². The summed E-state index contributed by atoms with van der Waals surface area (Å²) < 4.78 is 0. The van der Waals surface area contributed by atoms with Gasteiger partial charge in [0.15, 0.2) is 0 Å². The number of hydrogen-bond acceptors (Lipinski definition) is 3. The van der Waals surface area contributed by atoms with Gasteiger partial charge in [0.05, 0.1) is 5.37 Å². The first kappa shape index (κ1) is 16.5. The number of carboxylic acid groups (broad SMARTS) is 1. The van der Waals surface area contributed by atoms with Gasteiger partial charge in [0.25, 0.3) is 0 Å². The Bertz CT molecular complexity index is 391. The average Bonchev–Trinajstić information content (AvgIpc) is 3.06. The molecular formula is C15H26N2O3S. The van der Waals surface area contributed by atoms with Crippen molar-refractivity contribution in [1.82, 2.24) is 9.80 Å². The molecule has 2 fully saturated rings. The lowest BCUT2D eigenvalue weighted by molar-refractivity contribution is -0.141. The Morgan fingerprint density at radius 1 is 1.24 bits per heavy atom. The molecule has 3 atom stereocenters. The normalized spacial score (nSPS) is 29.1. The minimum absolute atomic E-state index is 0.0221. The molecule has 1 N–H and O–H groups in total. The van der Waals surface area contributed by atoms with Crippen LogP contribution in [0.4, 0.5) is 4.79 Å². The maximum atomic E-state index is 12.8. The Morgan fingerprint density at radius 3 is 2.57 bits per heavy atom. The lowest BCUT2D eigenvalue weighted by Crippen LogP contribution is -2.51. The lowest BCUT2D eigenvalue weighted by Gasteiger charge is -2.31. The first-order valence-electron chi connectivity index (χ1n) is 8.00. The van der Waals surface area contributed by atoms with Gasteiger partial charge in [0.1, 0.15) is 6.04 Å². The zero-order valence-corrected chi connectivity index (χ0v) is 13.8. The van der Waals surface area contributed by atoms with Gasteiger partial charge in [-0.25, -0.2) is 9.59 Å². The van der Waals surface area contributed by atoms with Crippen molar-refractivity contribution < 1.29 is 14.7 Å². The molecule has 2 rings (SSSR count). The van der Waals surface area contributed by atoms with E-state index in [-0.39, 0.29) is 11.4 Å². The van der Waals surface area contributed by atoms with E-state index in [9.17, 15) is 14.7 Å². The van der Waals surface area contributed by atoms with Crippen molar-refractivity contribution in [2.45, 2.75) is 57.4 Å². The number of urea groups is 1. The van der Waals surface area contributed by atoms with Gasteiger partial charge < -0.3 is 10.0 Å². The number of hydrogen-bond donors (Lipinski definition) is 1. The monoisotopic (exact) mass is 314 g/mol. The second-order valence-electron chi connectivity index (χ2n) is 6.01. The van der Waals surface area contributed by atoms with Crippen molar-refractivity contribution >= 4 is 23.8 Å². The Labute approximate surface area is 131 Å². The van der Waals surface area contributed by atoms with E-state index >= 15 is 0 Å². The van der Waals surface area contributed by atoms with Crippen LogP contribution in [0.2, 0.25) is 0 Å². The third kappa shape index (κ3) is 3.65. The molecule has 2 aliphatic rings. The number of carbonyl (C=O) groups excluding carboxylic acids is 1. The minimum atomic E-state index is -0.876. The van der Waals surface area contributed by atoms with Gasteiger partial charge in [-0.15, -0.1) is 11.8 Å². The van der Waals surface area contributed by atoms with Gasteiger partial charge in [-0.05, 0) is 25.2 Å². The highest BCUT2D eigenvalue weighted by Gasteiger charge is 2.43. The van der Waals surface area contributed by atoms with Crippen LogP contribution in [-0.2, 0) is 4.79 Å². The van der Waals surface area contributed by atoms with Crippen LogP contribution in [0, 0.1) is 5.92 Å². The highest BCUT2D eigenvalue weighted by Crippen LogP contribution is 2.34. The molecule has 0 aromatic carbocycles. The largest absolute Gasteiger partial charge is 0.480 e. The zero-order valence-electron chi connectivity index (χ0n) is 13.0. The summed E-state index contributed by atoms with van der Waals surface area (Å²) in [5, 5.41) is 9.39. The minimum Gasteiger partial charge on any atom is -0.480 e. The van der Waals surface area contributed by atoms with E-state index in [1.54, 1.807) is 16.7 Å². The van der Waals surface area contributed by atoms with Crippen LogP contribution in [0.1, 0.15) is 46.0 Å². The third-order valence-electron chi connectivity index (χ3n) is 4.39. The second-order valence-corrected chi connectivity index (χ2v) is 7.22. The summed E-state index contributed by atoms with van der Waals surface area (Å²) in [6.45, 7) is 5.80. The summed E-state index contributed by atoms with van der Waals surface area (Å²) in [5.74, 6) is 0.221. The molecule has 5 nitrogen and oxygen atoms in total. The number of carbonyl (C=O) groups is 2. The van der Waals surface area contributed by atoms with Gasteiger partial charge in [0.2, 0.25) is 0 Å². The van der Waals surface area contributed by atoms with Crippen molar-refractivity contribution in [2.75, 3.05) is 18.8 Å². The predicted octanol–water partition coefficient (Wildman–Crippen LogP) is 2.86. The number of nitrogens with zero attached hydrogens (tertiary/aromatic N) is 2.